The third kappa shape index (κ3) is 2.08. The Bertz CT molecular complexity index is 299. The van der Waals surface area contributed by atoms with E-state index < -0.39 is 0 Å². The lowest BCUT2D eigenvalue weighted by atomic mass is 10.1. The second-order valence-electron chi connectivity index (χ2n) is 2.56. The average Bonchev–Trinajstić information content (AvgIpc) is 2.03. The normalized spacial score (nSPS) is 12.6. The van der Waals surface area contributed by atoms with Crippen LogP contribution < -0.4 is 0 Å². The van der Waals surface area contributed by atoms with Gasteiger partial charge in [0, 0.05) is 5.02 Å². The number of benzene rings is 1. The molecular weight excluding hydrogens is 239 g/mol. The zero-order valence-corrected chi connectivity index (χ0v) is 8.89. The largest absolute Gasteiger partial charge is 0.302 e. The number of carbonyl (C=O) groups excluding carboxylic acids is 1. The molecule has 0 aliphatic carbocycles. The van der Waals surface area contributed by atoms with Gasteiger partial charge in [-0.05, 0) is 24.1 Å². The molecule has 0 fully saturated rings. The van der Waals surface area contributed by atoms with Crippen molar-refractivity contribution in [2.75, 3.05) is 0 Å². The summed E-state index contributed by atoms with van der Waals surface area (Å²) in [6.07, 6.45) is 0.816. The maximum Gasteiger partial charge on any atom is 0.138 e. The molecule has 1 aromatic carbocycles. The lowest BCUT2D eigenvalue weighted by Crippen LogP contribution is -1.91. The molecule has 1 aromatic rings. The molecule has 0 saturated carbocycles. The first-order valence-corrected chi connectivity index (χ1v) is 4.80. The van der Waals surface area contributed by atoms with E-state index in [0.717, 1.165) is 17.4 Å². The van der Waals surface area contributed by atoms with Gasteiger partial charge in [-0.1, -0.05) is 39.7 Å². The van der Waals surface area contributed by atoms with E-state index in [1.54, 1.807) is 0 Å². The Morgan fingerprint density at radius 3 is 2.75 bits per heavy atom. The zero-order valence-electron chi connectivity index (χ0n) is 6.55. The standard InChI is InChI=1S/C9H8BrClO/c1-6-2-3-7(8(10)5-12)9(11)4-6/h2-5,8H,1H3. The highest BCUT2D eigenvalue weighted by molar-refractivity contribution is 9.09. The minimum Gasteiger partial charge on any atom is -0.302 e. The molecule has 0 aliphatic rings. The monoisotopic (exact) mass is 246 g/mol. The van der Waals surface area contributed by atoms with E-state index in [0.29, 0.717) is 5.02 Å². The predicted octanol–water partition coefficient (Wildman–Crippen LogP) is 3.28. The van der Waals surface area contributed by atoms with Crippen molar-refractivity contribution >= 4 is 33.8 Å². The van der Waals surface area contributed by atoms with Gasteiger partial charge in [0.2, 0.25) is 0 Å². The van der Waals surface area contributed by atoms with Gasteiger partial charge >= 0.3 is 0 Å². The topological polar surface area (TPSA) is 17.1 Å². The van der Waals surface area contributed by atoms with E-state index in [1.165, 1.54) is 0 Å². The van der Waals surface area contributed by atoms with Crippen LogP contribution in [0, 0.1) is 6.92 Å². The Kier molecular flexibility index (Phi) is 3.29. The van der Waals surface area contributed by atoms with E-state index in [2.05, 4.69) is 15.9 Å². The van der Waals surface area contributed by atoms with Crippen molar-refractivity contribution in [2.24, 2.45) is 0 Å². The van der Waals surface area contributed by atoms with Crippen molar-refractivity contribution in [3.05, 3.63) is 34.3 Å². The molecule has 1 rings (SSSR count). The third-order valence-corrected chi connectivity index (χ3v) is 2.61. The van der Waals surface area contributed by atoms with Crippen LogP contribution in [-0.4, -0.2) is 6.29 Å². The van der Waals surface area contributed by atoms with Gasteiger partial charge < -0.3 is 4.79 Å². The van der Waals surface area contributed by atoms with Crippen LogP contribution in [0.2, 0.25) is 5.02 Å². The van der Waals surface area contributed by atoms with E-state index in [-0.39, 0.29) is 4.83 Å². The Morgan fingerprint density at radius 2 is 2.25 bits per heavy atom. The molecule has 12 heavy (non-hydrogen) atoms. The summed E-state index contributed by atoms with van der Waals surface area (Å²) in [4.78, 5) is 10.1. The van der Waals surface area contributed by atoms with Crippen molar-refractivity contribution in [1.29, 1.82) is 0 Å². The molecule has 1 atom stereocenters. The second kappa shape index (κ2) is 4.06. The molecule has 0 N–H and O–H groups in total. The van der Waals surface area contributed by atoms with Crippen LogP contribution in [0.15, 0.2) is 18.2 Å². The van der Waals surface area contributed by atoms with Gasteiger partial charge in [0.15, 0.2) is 0 Å². The number of hydrogen-bond donors (Lipinski definition) is 0. The Morgan fingerprint density at radius 1 is 1.58 bits per heavy atom. The van der Waals surface area contributed by atoms with Crippen molar-refractivity contribution in [2.45, 2.75) is 11.8 Å². The first-order valence-electron chi connectivity index (χ1n) is 3.50. The molecule has 0 amide bonds. The molecule has 0 aromatic heterocycles. The lowest BCUT2D eigenvalue weighted by Gasteiger charge is -2.05. The van der Waals surface area contributed by atoms with Crippen molar-refractivity contribution in [3.63, 3.8) is 0 Å². The predicted molar refractivity (Wildman–Crippen MR) is 53.9 cm³/mol. The fourth-order valence-electron chi connectivity index (χ4n) is 0.929. The average molecular weight is 248 g/mol. The molecule has 64 valence electrons. The molecule has 0 saturated heterocycles. The smallest absolute Gasteiger partial charge is 0.138 e. The Balaban J connectivity index is 3.09. The van der Waals surface area contributed by atoms with Gasteiger partial charge in [-0.25, -0.2) is 0 Å². The number of aryl methyl sites for hydroxylation is 1. The third-order valence-electron chi connectivity index (χ3n) is 1.57. The second-order valence-corrected chi connectivity index (χ2v) is 3.96. The van der Waals surface area contributed by atoms with Gasteiger partial charge in [0.1, 0.15) is 6.29 Å². The van der Waals surface area contributed by atoms with Gasteiger partial charge in [-0.2, -0.15) is 0 Å². The summed E-state index contributed by atoms with van der Waals surface area (Å²) in [6, 6.07) is 5.62. The van der Waals surface area contributed by atoms with Crippen molar-refractivity contribution in [3.8, 4) is 0 Å². The number of halogens is 2. The summed E-state index contributed by atoms with van der Waals surface area (Å²) in [6.45, 7) is 1.96. The first-order chi connectivity index (χ1) is 5.65. The van der Waals surface area contributed by atoms with Crippen LogP contribution in [0.25, 0.3) is 0 Å². The van der Waals surface area contributed by atoms with Crippen molar-refractivity contribution in [1.82, 2.24) is 0 Å². The van der Waals surface area contributed by atoms with Crippen LogP contribution >= 0.6 is 27.5 Å². The summed E-state index contributed by atoms with van der Waals surface area (Å²) in [7, 11) is 0. The molecule has 0 radical (unpaired) electrons. The molecule has 0 bridgehead atoms. The van der Waals surface area contributed by atoms with Gasteiger partial charge in [-0.15, -0.1) is 0 Å². The summed E-state index contributed by atoms with van der Waals surface area (Å²) >= 11 is 9.12. The van der Waals surface area contributed by atoms with Crippen LogP contribution in [0.3, 0.4) is 0 Å². The highest BCUT2D eigenvalue weighted by atomic mass is 79.9. The maximum absolute atomic E-state index is 10.4. The number of aldehydes is 1. The summed E-state index contributed by atoms with van der Waals surface area (Å²) in [5, 5.41) is 0.629. The molecule has 0 heterocycles. The molecule has 3 heteroatoms. The number of alkyl halides is 1. The maximum atomic E-state index is 10.4. The number of hydrogen-bond acceptors (Lipinski definition) is 1. The Labute approximate surface area is 84.9 Å². The minimum atomic E-state index is -0.300. The first kappa shape index (κ1) is 9.75. The summed E-state index contributed by atoms with van der Waals surface area (Å²) in [5.41, 5.74) is 1.91. The fraction of sp³-hybridized carbons (Fsp3) is 0.222. The molecule has 0 spiro atoms. The van der Waals surface area contributed by atoms with Crippen LogP contribution in [0.1, 0.15) is 16.0 Å². The summed E-state index contributed by atoms with van der Waals surface area (Å²) in [5.74, 6) is 0. The summed E-state index contributed by atoms with van der Waals surface area (Å²) < 4.78 is 0. The quantitative estimate of drug-likeness (QED) is 0.579. The van der Waals surface area contributed by atoms with Crippen LogP contribution in [0.4, 0.5) is 0 Å². The van der Waals surface area contributed by atoms with Crippen LogP contribution in [0.5, 0.6) is 0 Å². The van der Waals surface area contributed by atoms with E-state index in [1.807, 2.05) is 25.1 Å². The van der Waals surface area contributed by atoms with Gasteiger partial charge in [0.05, 0.1) is 4.83 Å². The van der Waals surface area contributed by atoms with Gasteiger partial charge in [-0.3, -0.25) is 0 Å². The molecular formula is C9H8BrClO. The molecule has 1 nitrogen and oxygen atoms in total. The van der Waals surface area contributed by atoms with E-state index in [4.69, 9.17) is 11.6 Å². The zero-order chi connectivity index (χ0) is 9.14. The minimum absolute atomic E-state index is 0.300. The number of rotatable bonds is 2. The highest BCUT2D eigenvalue weighted by Gasteiger charge is 2.09. The number of carbonyl (C=O) groups is 1. The van der Waals surface area contributed by atoms with Gasteiger partial charge in [0.25, 0.3) is 0 Å². The fourth-order valence-corrected chi connectivity index (χ4v) is 1.81. The Hall–Kier alpha value is -0.340. The van der Waals surface area contributed by atoms with E-state index in [9.17, 15) is 4.79 Å². The van der Waals surface area contributed by atoms with Crippen LogP contribution in [-0.2, 0) is 4.79 Å². The molecule has 1 unspecified atom stereocenters. The SMILES string of the molecule is Cc1ccc(C(Br)C=O)c(Cl)c1. The van der Waals surface area contributed by atoms with E-state index >= 15 is 0 Å². The van der Waals surface area contributed by atoms with Crippen molar-refractivity contribution < 1.29 is 4.79 Å². The highest BCUT2D eigenvalue weighted by Crippen LogP contribution is 2.28. The lowest BCUT2D eigenvalue weighted by molar-refractivity contribution is -0.107. The molecule has 0 aliphatic heterocycles.